The van der Waals surface area contributed by atoms with Gasteiger partial charge in [-0.1, -0.05) is 12.8 Å². The predicted octanol–water partition coefficient (Wildman–Crippen LogP) is 7.51. The van der Waals surface area contributed by atoms with Gasteiger partial charge in [-0.3, -0.25) is 18.8 Å². The Hall–Kier alpha value is -0.0400. The van der Waals surface area contributed by atoms with Crippen LogP contribution in [0.4, 0.5) is 0 Å². The molecule has 222 valence electrons. The average Bonchev–Trinajstić information content (AvgIpc) is 2.79. The lowest BCUT2D eigenvalue weighted by atomic mass is 9.79. The van der Waals surface area contributed by atoms with Crippen LogP contribution in [0.15, 0.2) is 0 Å². The van der Waals surface area contributed by atoms with E-state index in [2.05, 4.69) is 74.9 Å². The van der Waals surface area contributed by atoms with Crippen molar-refractivity contribution in [1.29, 1.82) is 0 Å². The smallest absolute Gasteiger partial charge is 0.249 e. The van der Waals surface area contributed by atoms with Crippen molar-refractivity contribution in [2.24, 2.45) is 0 Å². The first-order valence-electron chi connectivity index (χ1n) is 14.7. The van der Waals surface area contributed by atoms with E-state index < -0.39 is 0 Å². The van der Waals surface area contributed by atoms with Gasteiger partial charge in [0.15, 0.2) is 0 Å². The summed E-state index contributed by atoms with van der Waals surface area (Å²) in [4.78, 5) is 12.0. The molecule has 0 spiro atoms. The Kier molecular flexibility index (Phi) is 12.8. The lowest BCUT2D eigenvalue weighted by Gasteiger charge is -2.54. The molecule has 0 bridgehead atoms. The van der Waals surface area contributed by atoms with Crippen LogP contribution in [0.25, 0.3) is 0 Å². The van der Waals surface area contributed by atoms with Crippen molar-refractivity contribution >= 4 is 17.2 Å². The molecule has 0 radical (unpaired) electrons. The highest BCUT2D eigenvalue weighted by molar-refractivity contribution is 7.20. The molecule has 0 amide bonds. The van der Waals surface area contributed by atoms with E-state index in [9.17, 15) is 9.13 Å². The second-order valence-corrected chi connectivity index (χ2v) is 15.1. The van der Waals surface area contributed by atoms with Crippen LogP contribution in [0.3, 0.4) is 0 Å². The Morgan fingerprint density at radius 2 is 0.895 bits per heavy atom. The summed E-state index contributed by atoms with van der Waals surface area (Å²) in [6.07, 6.45) is 7.92. The van der Waals surface area contributed by atoms with Crippen LogP contribution in [-0.2, 0) is 18.8 Å². The molecular formula is C28H56N4O4P2. The van der Waals surface area contributed by atoms with E-state index in [1.54, 1.807) is 0 Å². The number of piperidine rings is 2. The molecule has 0 saturated carbocycles. The molecule has 2 rings (SSSR count). The minimum Gasteiger partial charge on any atom is -0.298 e. The molecule has 2 saturated heterocycles. The molecule has 0 aromatic heterocycles. The van der Waals surface area contributed by atoms with Gasteiger partial charge in [0.1, 0.15) is 0 Å². The molecule has 2 heterocycles. The molecule has 0 atom stereocenters. The SMILES string of the molecule is CCON1C(C)(C)CC(N(CCCCCCN(P=O)C2CC(C)(C)N(OCC)C(C)(C)C2)P=O)CC1(C)C. The molecule has 0 unspecified atom stereocenters. The van der Waals surface area contributed by atoms with Gasteiger partial charge in [0, 0.05) is 47.3 Å². The molecule has 10 heteroatoms. The van der Waals surface area contributed by atoms with E-state index in [1.165, 1.54) is 0 Å². The van der Waals surface area contributed by atoms with E-state index in [0.717, 1.165) is 64.5 Å². The predicted molar refractivity (Wildman–Crippen MR) is 156 cm³/mol. The van der Waals surface area contributed by atoms with Crippen LogP contribution >= 0.6 is 17.2 Å². The molecule has 2 aliphatic rings. The first kappa shape index (κ1) is 34.2. The number of hydroxylamine groups is 4. The summed E-state index contributed by atoms with van der Waals surface area (Å²) in [5, 5.41) is 4.31. The van der Waals surface area contributed by atoms with Crippen molar-refractivity contribution in [3.8, 4) is 0 Å². The van der Waals surface area contributed by atoms with Gasteiger partial charge < -0.3 is 0 Å². The first-order chi connectivity index (χ1) is 17.6. The number of nitrogens with zero attached hydrogens (tertiary/aromatic N) is 4. The van der Waals surface area contributed by atoms with Crippen molar-refractivity contribution in [2.75, 3.05) is 26.3 Å². The summed E-state index contributed by atoms with van der Waals surface area (Å²) in [5.41, 5.74) is -0.467. The highest BCUT2D eigenvalue weighted by Gasteiger charge is 2.49. The van der Waals surface area contributed by atoms with Gasteiger partial charge >= 0.3 is 0 Å². The van der Waals surface area contributed by atoms with Gasteiger partial charge in [0.05, 0.1) is 13.2 Å². The number of hydrogen-bond acceptors (Lipinski definition) is 6. The molecule has 2 aliphatic heterocycles. The third-order valence-corrected chi connectivity index (χ3v) is 9.71. The zero-order valence-corrected chi connectivity index (χ0v) is 27.7. The lowest BCUT2D eigenvalue weighted by Crippen LogP contribution is -2.63. The Morgan fingerprint density at radius 1 is 0.605 bits per heavy atom. The van der Waals surface area contributed by atoms with Crippen molar-refractivity contribution < 1.29 is 18.8 Å². The Bertz CT molecular complexity index is 667. The van der Waals surface area contributed by atoms with Crippen LogP contribution in [0.5, 0.6) is 0 Å². The molecule has 8 nitrogen and oxygen atoms in total. The summed E-state index contributed by atoms with van der Waals surface area (Å²) < 4.78 is 28.5. The quantitative estimate of drug-likeness (QED) is 0.147. The molecular weight excluding hydrogens is 518 g/mol. The largest absolute Gasteiger partial charge is 0.298 e. The first-order valence-corrected chi connectivity index (χ1v) is 16.2. The van der Waals surface area contributed by atoms with Crippen LogP contribution in [0.2, 0.25) is 0 Å². The maximum Gasteiger partial charge on any atom is 0.249 e. The topological polar surface area (TPSA) is 65.6 Å². The average molecular weight is 575 g/mol. The molecule has 0 aromatic rings. The normalized spacial score (nSPS) is 24.6. The minimum atomic E-state index is -0.117. The second kappa shape index (κ2) is 14.2. The molecule has 2 fully saturated rings. The second-order valence-electron chi connectivity index (χ2n) is 13.7. The van der Waals surface area contributed by atoms with Crippen molar-refractivity contribution in [2.45, 2.75) is 155 Å². The van der Waals surface area contributed by atoms with Gasteiger partial charge in [-0.2, -0.15) is 10.1 Å². The Balaban J connectivity index is 1.82. The molecule has 38 heavy (non-hydrogen) atoms. The fourth-order valence-corrected chi connectivity index (χ4v) is 8.32. The molecule has 0 aromatic carbocycles. The summed E-state index contributed by atoms with van der Waals surface area (Å²) in [6, 6.07) is 0.528. The van der Waals surface area contributed by atoms with Crippen molar-refractivity contribution in [1.82, 2.24) is 19.5 Å². The maximum absolute atomic E-state index is 12.1. The van der Waals surface area contributed by atoms with Gasteiger partial charge in [0.2, 0.25) is 17.2 Å². The standard InChI is InChI=1S/C28H56N4O4P2/c1-11-35-31-25(3,4)19-23(20-26(31,5)6)29(37-33)17-15-13-14-16-18-30(38-34)24-21-27(7,8)32(36-12-2)28(9,10)22-24/h23-24H,11-22H2,1-10H3. The summed E-state index contributed by atoms with van der Waals surface area (Å²) >= 11 is 0. The summed E-state index contributed by atoms with van der Waals surface area (Å²) in [7, 11) is 0.227. The zero-order chi connectivity index (χ0) is 28.8. The van der Waals surface area contributed by atoms with Crippen LogP contribution in [-0.4, -0.2) is 80.0 Å². The Labute approximate surface area is 236 Å². The van der Waals surface area contributed by atoms with Crippen LogP contribution in [0.1, 0.15) is 121 Å². The third-order valence-electron chi connectivity index (χ3n) is 8.23. The molecule has 0 N–H and O–H groups in total. The van der Waals surface area contributed by atoms with Gasteiger partial charge in [-0.15, -0.1) is 0 Å². The van der Waals surface area contributed by atoms with Gasteiger partial charge in [-0.25, -0.2) is 9.34 Å². The highest BCUT2D eigenvalue weighted by atomic mass is 31.1. The Morgan fingerprint density at radius 3 is 1.13 bits per heavy atom. The molecule has 0 aliphatic carbocycles. The van der Waals surface area contributed by atoms with E-state index >= 15 is 0 Å². The van der Waals surface area contributed by atoms with Crippen molar-refractivity contribution in [3.05, 3.63) is 0 Å². The summed E-state index contributed by atoms with van der Waals surface area (Å²) in [5.74, 6) is 0. The van der Waals surface area contributed by atoms with Crippen molar-refractivity contribution in [3.63, 3.8) is 0 Å². The number of hydrogen-bond donors (Lipinski definition) is 0. The van der Waals surface area contributed by atoms with Crippen LogP contribution < -0.4 is 0 Å². The maximum atomic E-state index is 12.1. The zero-order valence-electron chi connectivity index (χ0n) is 26.0. The van der Waals surface area contributed by atoms with Crippen LogP contribution in [0, 0.1) is 0 Å². The number of unbranched alkanes of at least 4 members (excludes halogenated alkanes) is 3. The fraction of sp³-hybridized carbons (Fsp3) is 1.00. The van der Waals surface area contributed by atoms with E-state index in [0.29, 0.717) is 13.2 Å². The highest BCUT2D eigenvalue weighted by Crippen LogP contribution is 2.43. The van der Waals surface area contributed by atoms with E-state index in [4.69, 9.17) is 9.68 Å². The number of rotatable bonds is 15. The van der Waals surface area contributed by atoms with E-state index in [-0.39, 0.29) is 51.5 Å². The summed E-state index contributed by atoms with van der Waals surface area (Å²) in [6.45, 7) is 24.8. The van der Waals surface area contributed by atoms with Gasteiger partial charge in [0.25, 0.3) is 0 Å². The lowest BCUT2D eigenvalue weighted by molar-refractivity contribution is -0.284. The third kappa shape index (κ3) is 8.73. The monoisotopic (exact) mass is 574 g/mol. The van der Waals surface area contributed by atoms with Gasteiger partial charge in [-0.05, 0) is 108 Å². The fourth-order valence-electron chi connectivity index (χ4n) is 7.28. The minimum absolute atomic E-state index is 0.114. The van der Waals surface area contributed by atoms with E-state index in [1.807, 2.05) is 13.8 Å².